The van der Waals surface area contributed by atoms with Crippen LogP contribution in [-0.4, -0.2) is 125 Å². The average Bonchev–Trinajstić information content (AvgIpc) is 3.16. The number of aliphatic hydroxyl groups excluding tert-OH is 4. The Bertz CT molecular complexity index is 1670. The molecule has 24 nitrogen and oxygen atoms in total. The maximum Gasteiger partial charge on any atom is 0.407 e. The number of ether oxygens (including phenoxy) is 4. The van der Waals surface area contributed by atoms with Gasteiger partial charge in [0.05, 0.1) is 55.2 Å². The molecular weight excluding hydrogens is 716 g/mol. The summed E-state index contributed by atoms with van der Waals surface area (Å²) in [5.41, 5.74) is 37.5. The Hall–Kier alpha value is -5.34. The van der Waals surface area contributed by atoms with Crippen LogP contribution in [0.3, 0.4) is 0 Å². The smallest absolute Gasteiger partial charge is 0.407 e. The van der Waals surface area contributed by atoms with Crippen molar-refractivity contribution in [1.29, 1.82) is 0 Å². The fourth-order valence-corrected chi connectivity index (χ4v) is 6.52. The van der Waals surface area contributed by atoms with E-state index in [1.807, 2.05) is 6.07 Å². The van der Waals surface area contributed by atoms with Crippen molar-refractivity contribution in [2.24, 2.45) is 26.4 Å². The number of rotatable bonds is 15. The van der Waals surface area contributed by atoms with Crippen LogP contribution in [0.1, 0.15) is 25.3 Å². The van der Waals surface area contributed by atoms with Gasteiger partial charge in [-0.15, -0.1) is 0 Å². The highest BCUT2D eigenvalue weighted by molar-refractivity contribution is 5.81. The predicted octanol–water partition coefficient (Wildman–Crippen LogP) is 2.05. The zero-order chi connectivity index (χ0) is 39.2. The van der Waals surface area contributed by atoms with Crippen molar-refractivity contribution < 1.29 is 49.0 Å². The lowest BCUT2D eigenvalue weighted by molar-refractivity contribution is -0.306. The molecule has 0 bridgehead atoms. The topological polar surface area (TPSA) is 371 Å². The van der Waals surface area contributed by atoms with Crippen molar-refractivity contribution in [3.8, 4) is 0 Å². The van der Waals surface area contributed by atoms with Gasteiger partial charge in [0.15, 0.2) is 6.29 Å². The predicted molar refractivity (Wildman–Crippen MR) is 183 cm³/mol. The van der Waals surface area contributed by atoms with E-state index in [0.717, 1.165) is 5.56 Å². The first-order valence-electron chi connectivity index (χ1n) is 16.8. The van der Waals surface area contributed by atoms with Gasteiger partial charge in [-0.2, -0.15) is 0 Å². The van der Waals surface area contributed by atoms with Crippen LogP contribution < -0.4 is 10.6 Å². The number of hydrogen-bond acceptors (Lipinski definition) is 14. The number of benzene rings is 1. The maximum absolute atomic E-state index is 13.2. The lowest BCUT2D eigenvalue weighted by Gasteiger charge is -2.50. The highest BCUT2D eigenvalue weighted by Crippen LogP contribution is 2.40. The van der Waals surface area contributed by atoms with Crippen LogP contribution in [0.15, 0.2) is 62.9 Å². The first-order chi connectivity index (χ1) is 26.0. The van der Waals surface area contributed by atoms with Crippen LogP contribution in [0.2, 0.25) is 0 Å². The molecule has 290 valence electrons. The minimum absolute atomic E-state index is 0.00129. The molecule has 54 heavy (non-hydrogen) atoms. The van der Waals surface area contributed by atoms with Gasteiger partial charge in [0, 0.05) is 38.2 Å². The van der Waals surface area contributed by atoms with E-state index in [0.29, 0.717) is 0 Å². The number of carbonyl (C=O) groups excluding carboxylic acids is 2. The molecule has 1 aromatic rings. The molecule has 2 fully saturated rings. The molecule has 2 aliphatic heterocycles. The number of azide groups is 4. The summed E-state index contributed by atoms with van der Waals surface area (Å²) in [4.78, 5) is 36.5. The van der Waals surface area contributed by atoms with Gasteiger partial charge in [0.1, 0.15) is 24.9 Å². The Kier molecular flexibility index (Phi) is 15.5. The first kappa shape index (κ1) is 41.4. The fourth-order valence-electron chi connectivity index (χ4n) is 6.52. The normalized spacial score (nSPS) is 33.6. The second kappa shape index (κ2) is 20.2. The standard InChI is InChI=1S/C30H40N14O10/c1-14-22(40-44-34)24(47)25(48)29(52-14)54-27-21(26-17(38-42-32)8-7-16(53-26)12-36-41-31)18(39-43-33)11-19(23(27)46)37-28(49)20(45)9-10-35-30(50)51-13-15-5-3-2-4-6-15/h2-8,14,16-27,29,45-48H,9-13H2,1H3,(H,35,50)(H,37,49)/t14-,16+,17-,18+,19-,20+,21+,22-,23+,24+,25-,26+,27+,29+/m1/s1. The van der Waals surface area contributed by atoms with Crippen molar-refractivity contribution in [2.45, 2.75) is 106 Å². The van der Waals surface area contributed by atoms with Gasteiger partial charge in [0.25, 0.3) is 0 Å². The van der Waals surface area contributed by atoms with E-state index in [2.05, 4.69) is 50.7 Å². The van der Waals surface area contributed by atoms with Crippen molar-refractivity contribution in [3.05, 3.63) is 89.8 Å². The molecule has 3 aliphatic rings. The van der Waals surface area contributed by atoms with Gasteiger partial charge < -0.3 is 50.0 Å². The fraction of sp³-hybridized carbons (Fsp3) is 0.667. The summed E-state index contributed by atoms with van der Waals surface area (Å²) in [6.07, 6.45) is -11.7. The van der Waals surface area contributed by atoms with E-state index in [1.165, 1.54) is 19.1 Å². The van der Waals surface area contributed by atoms with Crippen molar-refractivity contribution in [3.63, 3.8) is 0 Å². The molecule has 0 aromatic heterocycles. The third kappa shape index (κ3) is 10.6. The van der Waals surface area contributed by atoms with E-state index < -0.39 is 97.2 Å². The Balaban J connectivity index is 1.56. The van der Waals surface area contributed by atoms with E-state index in [-0.39, 0.29) is 32.5 Å². The van der Waals surface area contributed by atoms with Crippen molar-refractivity contribution >= 4 is 12.0 Å². The summed E-state index contributed by atoms with van der Waals surface area (Å²) in [5, 5.41) is 63.8. The molecule has 0 unspecified atom stereocenters. The Morgan fingerprint density at radius 2 is 1.69 bits per heavy atom. The van der Waals surface area contributed by atoms with Crippen LogP contribution in [0, 0.1) is 5.92 Å². The summed E-state index contributed by atoms with van der Waals surface area (Å²) in [5.74, 6) is -2.18. The zero-order valence-corrected chi connectivity index (χ0v) is 28.8. The minimum Gasteiger partial charge on any atom is -0.445 e. The third-order valence-electron chi connectivity index (χ3n) is 9.16. The van der Waals surface area contributed by atoms with Gasteiger partial charge in [0.2, 0.25) is 5.91 Å². The lowest BCUT2D eigenvalue weighted by atomic mass is 9.72. The third-order valence-corrected chi connectivity index (χ3v) is 9.16. The summed E-state index contributed by atoms with van der Waals surface area (Å²) >= 11 is 0. The number of alkyl carbamates (subject to hydrolysis) is 1. The lowest BCUT2D eigenvalue weighted by Crippen LogP contribution is -2.66. The second-order valence-electron chi connectivity index (χ2n) is 12.6. The van der Waals surface area contributed by atoms with Gasteiger partial charge in [-0.1, -0.05) is 62.9 Å². The highest BCUT2D eigenvalue weighted by atomic mass is 16.7. The largest absolute Gasteiger partial charge is 0.445 e. The molecule has 0 radical (unpaired) electrons. The second-order valence-corrected chi connectivity index (χ2v) is 12.6. The maximum atomic E-state index is 13.2. The van der Waals surface area contributed by atoms with Crippen molar-refractivity contribution in [1.82, 2.24) is 10.6 Å². The van der Waals surface area contributed by atoms with Gasteiger partial charge in [-0.05, 0) is 47.5 Å². The Morgan fingerprint density at radius 1 is 0.963 bits per heavy atom. The minimum atomic E-state index is -1.84. The van der Waals surface area contributed by atoms with E-state index >= 15 is 0 Å². The number of hydrogen-bond donors (Lipinski definition) is 6. The van der Waals surface area contributed by atoms with Crippen LogP contribution >= 0.6 is 0 Å². The van der Waals surface area contributed by atoms with Crippen LogP contribution in [0.5, 0.6) is 0 Å². The number of amides is 2. The van der Waals surface area contributed by atoms with Gasteiger partial charge >= 0.3 is 6.09 Å². The SMILES string of the molecule is C[C@H]1O[C@@H](O[C@@H]2[C@@H](O)[C@H](NC(=O)[C@@H](O)CCNC(=O)OCc3ccccc3)C[C@H](N=[N+]=[N-])[C@H]2[C@H]2O[C@H](CN=[N+]=[N-])C=C[C@H]2N=[N+]=[N-])[C@H](O)[C@@H](O)[C@@H]1N=[N+]=[N-]. The molecule has 6 N–H and O–H groups in total. The molecule has 1 aliphatic carbocycles. The van der Waals surface area contributed by atoms with E-state index in [1.54, 1.807) is 24.3 Å². The van der Waals surface area contributed by atoms with E-state index in [9.17, 15) is 41.1 Å². The molecule has 24 heteroatoms. The summed E-state index contributed by atoms with van der Waals surface area (Å²) in [6.45, 7) is 1.09. The molecule has 4 rings (SSSR count). The Labute approximate surface area is 306 Å². The zero-order valence-electron chi connectivity index (χ0n) is 28.8. The molecule has 2 heterocycles. The van der Waals surface area contributed by atoms with Crippen LogP contribution in [-0.2, 0) is 30.3 Å². The molecule has 1 aromatic carbocycles. The van der Waals surface area contributed by atoms with Crippen LogP contribution in [0.25, 0.3) is 41.8 Å². The number of aliphatic hydroxyl groups is 4. The van der Waals surface area contributed by atoms with Crippen molar-refractivity contribution in [2.75, 3.05) is 13.1 Å². The van der Waals surface area contributed by atoms with Crippen LogP contribution in [0.4, 0.5) is 4.79 Å². The summed E-state index contributed by atoms with van der Waals surface area (Å²) < 4.78 is 23.1. The Morgan fingerprint density at radius 3 is 2.37 bits per heavy atom. The first-order valence-corrected chi connectivity index (χ1v) is 16.8. The molecular formula is C30H40N14O10. The summed E-state index contributed by atoms with van der Waals surface area (Å²) in [7, 11) is 0. The van der Waals surface area contributed by atoms with Gasteiger partial charge in [-0.3, -0.25) is 4.79 Å². The monoisotopic (exact) mass is 756 g/mol. The molecule has 1 saturated heterocycles. The molecule has 0 spiro atoms. The summed E-state index contributed by atoms with van der Waals surface area (Å²) in [6, 6.07) is 4.11. The van der Waals surface area contributed by atoms with E-state index in [4.69, 9.17) is 30.0 Å². The number of nitrogens with one attached hydrogen (secondary N) is 2. The number of carbonyl (C=O) groups is 2. The molecule has 2 amide bonds. The molecule has 1 saturated carbocycles. The quantitative estimate of drug-likeness (QED) is 0.0654. The number of nitrogens with zero attached hydrogens (tertiary/aromatic N) is 12. The molecule has 14 atom stereocenters. The average molecular weight is 757 g/mol. The van der Waals surface area contributed by atoms with Gasteiger partial charge in [-0.25, -0.2) is 4.79 Å². The highest BCUT2D eigenvalue weighted by Gasteiger charge is 2.54.